The second-order valence-electron chi connectivity index (χ2n) is 5.56. The van der Waals surface area contributed by atoms with Gasteiger partial charge in [-0.25, -0.2) is 0 Å². The molecule has 2 aromatic rings. The number of anilines is 1. The quantitative estimate of drug-likeness (QED) is 0.401. The third-order valence-electron chi connectivity index (χ3n) is 3.56. The molecule has 0 heterocycles. The van der Waals surface area contributed by atoms with E-state index in [-0.39, 0.29) is 6.10 Å². The van der Waals surface area contributed by atoms with Gasteiger partial charge in [-0.1, -0.05) is 36.7 Å². The van der Waals surface area contributed by atoms with Crippen LogP contribution in [-0.2, 0) is 0 Å². The Morgan fingerprint density at radius 1 is 1.31 bits per heavy atom. The predicted molar refractivity (Wildman–Crippen MR) is 112 cm³/mol. The van der Waals surface area contributed by atoms with Crippen LogP contribution in [0.15, 0.2) is 47.6 Å². The highest BCUT2D eigenvalue weighted by Gasteiger charge is 2.14. The van der Waals surface area contributed by atoms with Gasteiger partial charge in [0.1, 0.15) is 0 Å². The van der Waals surface area contributed by atoms with E-state index < -0.39 is 0 Å². The van der Waals surface area contributed by atoms with Gasteiger partial charge in [-0.3, -0.25) is 5.43 Å². The maximum Gasteiger partial charge on any atom is 0.191 e. The molecule has 0 aliphatic heterocycles. The Kier molecular flexibility index (Phi) is 7.69. The minimum absolute atomic E-state index is 0.0454. The van der Waals surface area contributed by atoms with Gasteiger partial charge in [0, 0.05) is 5.69 Å². The lowest BCUT2D eigenvalue weighted by Crippen LogP contribution is -2.23. The fourth-order valence-electron chi connectivity index (χ4n) is 2.06. The van der Waals surface area contributed by atoms with Gasteiger partial charge in [-0.15, -0.1) is 0 Å². The molecule has 0 fully saturated rings. The molecular weight excluding hydrogens is 370 g/mol. The topological polar surface area (TPSA) is 54.9 Å². The molecule has 2 rings (SSSR count). The molecule has 26 heavy (non-hydrogen) atoms. The number of para-hydroxylation sites is 1. The first kappa shape index (κ1) is 20.0. The lowest BCUT2D eigenvalue weighted by Gasteiger charge is -2.17. The van der Waals surface area contributed by atoms with E-state index in [0.29, 0.717) is 21.6 Å². The third-order valence-corrected chi connectivity index (χ3v) is 4.03. The minimum Gasteiger partial charge on any atom is -0.493 e. The number of methoxy groups -OCH3 is 1. The Balaban J connectivity index is 2.03. The lowest BCUT2D eigenvalue weighted by molar-refractivity contribution is 0.208. The average Bonchev–Trinajstić information content (AvgIpc) is 2.64. The molecule has 0 bridgehead atoms. The van der Waals surface area contributed by atoms with Crippen LogP contribution in [0.4, 0.5) is 5.69 Å². The lowest BCUT2D eigenvalue weighted by atomic mass is 10.2. The summed E-state index contributed by atoms with van der Waals surface area (Å²) >= 11 is 11.5. The molecule has 138 valence electrons. The van der Waals surface area contributed by atoms with Crippen molar-refractivity contribution in [3.05, 3.63) is 53.1 Å². The predicted octanol–water partition coefficient (Wildman–Crippen LogP) is 4.85. The van der Waals surface area contributed by atoms with Crippen molar-refractivity contribution in [2.45, 2.75) is 26.4 Å². The molecule has 0 spiro atoms. The summed E-state index contributed by atoms with van der Waals surface area (Å²) in [4.78, 5) is 0. The molecule has 1 atom stereocenters. The van der Waals surface area contributed by atoms with E-state index in [1.807, 2.05) is 50.2 Å². The highest BCUT2D eigenvalue weighted by molar-refractivity contribution is 7.80. The van der Waals surface area contributed by atoms with Gasteiger partial charge in [0.2, 0.25) is 0 Å². The largest absolute Gasteiger partial charge is 0.493 e. The van der Waals surface area contributed by atoms with Crippen molar-refractivity contribution in [1.82, 2.24) is 5.43 Å². The number of ether oxygens (including phenoxy) is 2. The van der Waals surface area contributed by atoms with Gasteiger partial charge in [-0.2, -0.15) is 5.10 Å². The molecule has 7 heteroatoms. The highest BCUT2D eigenvalue weighted by atomic mass is 35.5. The minimum atomic E-state index is 0.0454. The Hall–Kier alpha value is -2.31. The number of rotatable bonds is 7. The van der Waals surface area contributed by atoms with Crippen LogP contribution >= 0.6 is 23.8 Å². The van der Waals surface area contributed by atoms with Crippen molar-refractivity contribution in [3.63, 3.8) is 0 Å². The van der Waals surface area contributed by atoms with Crippen molar-refractivity contribution < 1.29 is 9.47 Å². The highest BCUT2D eigenvalue weighted by Crippen LogP contribution is 2.37. The van der Waals surface area contributed by atoms with Crippen LogP contribution in [0.25, 0.3) is 0 Å². The number of hydrogen-bond acceptors (Lipinski definition) is 4. The molecule has 0 aromatic heterocycles. The normalized spacial score (nSPS) is 11.8. The van der Waals surface area contributed by atoms with Crippen LogP contribution in [0.3, 0.4) is 0 Å². The molecule has 5 nitrogen and oxygen atoms in total. The van der Waals surface area contributed by atoms with E-state index >= 15 is 0 Å². The summed E-state index contributed by atoms with van der Waals surface area (Å²) in [5.41, 5.74) is 4.42. The maximum atomic E-state index is 6.34. The molecule has 2 N–H and O–H groups in total. The molecule has 1 unspecified atom stereocenters. The molecule has 0 saturated heterocycles. The zero-order valence-corrected chi connectivity index (χ0v) is 16.5. The number of nitrogens with zero attached hydrogens (tertiary/aromatic N) is 1. The first-order valence-electron chi connectivity index (χ1n) is 8.22. The van der Waals surface area contributed by atoms with Gasteiger partial charge in [0.25, 0.3) is 0 Å². The van der Waals surface area contributed by atoms with Crippen LogP contribution in [0, 0.1) is 0 Å². The van der Waals surface area contributed by atoms with Gasteiger partial charge < -0.3 is 14.8 Å². The van der Waals surface area contributed by atoms with Crippen LogP contribution in [0.5, 0.6) is 11.5 Å². The summed E-state index contributed by atoms with van der Waals surface area (Å²) in [6.07, 6.45) is 2.53. The van der Waals surface area contributed by atoms with Gasteiger partial charge in [-0.05, 0) is 55.4 Å². The standard InChI is InChI=1S/C19H22ClN3O2S/c1-4-13(2)25-18-16(20)10-14(11-17(18)24-3)12-21-23-19(26)22-15-8-6-5-7-9-15/h5-13H,4H2,1-3H3,(H2,22,23,26). The van der Waals surface area contributed by atoms with Crippen LogP contribution in [0.1, 0.15) is 25.8 Å². The molecular formula is C19H22ClN3O2S. The van der Waals surface area contributed by atoms with E-state index in [4.69, 9.17) is 33.3 Å². The summed E-state index contributed by atoms with van der Waals surface area (Å²) in [6.45, 7) is 4.03. The fraction of sp³-hybridized carbons (Fsp3) is 0.263. The van der Waals surface area contributed by atoms with Gasteiger partial charge in [0.15, 0.2) is 16.6 Å². The van der Waals surface area contributed by atoms with Crippen molar-refractivity contribution in [1.29, 1.82) is 0 Å². The van der Waals surface area contributed by atoms with Crippen molar-refractivity contribution in [2.24, 2.45) is 5.10 Å². The summed E-state index contributed by atoms with van der Waals surface area (Å²) in [6, 6.07) is 13.2. The van der Waals surface area contributed by atoms with E-state index in [0.717, 1.165) is 17.7 Å². The van der Waals surface area contributed by atoms with E-state index in [2.05, 4.69) is 15.8 Å². The van der Waals surface area contributed by atoms with Crippen LogP contribution in [0.2, 0.25) is 5.02 Å². The fourth-order valence-corrected chi connectivity index (χ4v) is 2.49. The number of hydrazone groups is 1. The molecule has 0 radical (unpaired) electrons. The number of hydrogen-bond donors (Lipinski definition) is 2. The number of thiocarbonyl (C=S) groups is 1. The Bertz CT molecular complexity index is 769. The van der Waals surface area contributed by atoms with Crippen molar-refractivity contribution >= 4 is 40.8 Å². The monoisotopic (exact) mass is 391 g/mol. The zero-order valence-electron chi connectivity index (χ0n) is 15.0. The Morgan fingerprint density at radius 3 is 2.69 bits per heavy atom. The first-order valence-corrected chi connectivity index (χ1v) is 9.01. The summed E-state index contributed by atoms with van der Waals surface area (Å²) in [5, 5.41) is 8.02. The van der Waals surface area contributed by atoms with E-state index in [1.54, 1.807) is 19.4 Å². The van der Waals surface area contributed by atoms with Gasteiger partial charge >= 0.3 is 0 Å². The zero-order chi connectivity index (χ0) is 18.9. The first-order chi connectivity index (χ1) is 12.5. The van der Waals surface area contributed by atoms with Crippen molar-refractivity contribution in [2.75, 3.05) is 12.4 Å². The van der Waals surface area contributed by atoms with E-state index in [9.17, 15) is 0 Å². The summed E-state index contributed by atoms with van der Waals surface area (Å²) in [5.74, 6) is 1.10. The third kappa shape index (κ3) is 5.89. The van der Waals surface area contributed by atoms with E-state index in [1.165, 1.54) is 0 Å². The molecule has 0 saturated carbocycles. The number of benzene rings is 2. The van der Waals surface area contributed by atoms with Crippen LogP contribution in [-0.4, -0.2) is 24.5 Å². The summed E-state index contributed by atoms with van der Waals surface area (Å²) in [7, 11) is 1.58. The number of halogens is 1. The summed E-state index contributed by atoms with van der Waals surface area (Å²) < 4.78 is 11.2. The van der Waals surface area contributed by atoms with Crippen molar-refractivity contribution in [3.8, 4) is 11.5 Å². The average molecular weight is 392 g/mol. The van der Waals surface area contributed by atoms with Crippen LogP contribution < -0.4 is 20.2 Å². The molecule has 0 aliphatic rings. The molecule has 0 aliphatic carbocycles. The molecule has 2 aromatic carbocycles. The number of nitrogens with one attached hydrogen (secondary N) is 2. The Morgan fingerprint density at radius 2 is 2.04 bits per heavy atom. The smallest absolute Gasteiger partial charge is 0.191 e. The maximum absolute atomic E-state index is 6.34. The Labute approximate surface area is 164 Å². The SMILES string of the molecule is CCC(C)Oc1c(Cl)cc(C=NNC(=S)Nc2ccccc2)cc1OC. The molecule has 0 amide bonds. The second-order valence-corrected chi connectivity index (χ2v) is 6.38. The second kappa shape index (κ2) is 9.99. The van der Waals surface area contributed by atoms with Gasteiger partial charge in [0.05, 0.1) is 24.5 Å².